The van der Waals surface area contributed by atoms with Gasteiger partial charge in [-0.25, -0.2) is 9.37 Å². The molecule has 0 radical (unpaired) electrons. The Labute approximate surface area is 147 Å². The minimum absolute atomic E-state index is 0.327. The first-order chi connectivity index (χ1) is 11.1. The van der Waals surface area contributed by atoms with Crippen LogP contribution < -0.4 is 0 Å². The van der Waals surface area contributed by atoms with Gasteiger partial charge in [0.1, 0.15) is 5.82 Å². The quantitative estimate of drug-likeness (QED) is 0.524. The fraction of sp³-hybridized carbons (Fsp3) is 0. The summed E-state index contributed by atoms with van der Waals surface area (Å²) in [6, 6.07) is 11.1. The van der Waals surface area contributed by atoms with Crippen LogP contribution >= 0.6 is 34.8 Å². The molecule has 0 saturated carbocycles. The fourth-order valence-electron chi connectivity index (χ4n) is 2.18. The van der Waals surface area contributed by atoms with Gasteiger partial charge in [0, 0.05) is 23.0 Å². The van der Waals surface area contributed by atoms with Crippen molar-refractivity contribution in [3.63, 3.8) is 0 Å². The standard InChI is InChI=1S/C17H10Cl3FN2/c18-12-3-6-14(15(19)9-12)17(23-8-7-22-10-23)16(20)11-1-4-13(21)5-2-11/h1-10H/b17-16-. The van der Waals surface area contributed by atoms with Gasteiger partial charge >= 0.3 is 0 Å². The molecule has 0 N–H and O–H groups in total. The van der Waals surface area contributed by atoms with Crippen LogP contribution in [0.3, 0.4) is 0 Å². The average Bonchev–Trinajstić information content (AvgIpc) is 3.04. The summed E-state index contributed by atoms with van der Waals surface area (Å²) < 4.78 is 14.9. The topological polar surface area (TPSA) is 17.8 Å². The van der Waals surface area contributed by atoms with Crippen molar-refractivity contribution < 1.29 is 4.39 Å². The third-order valence-corrected chi connectivity index (χ3v) is 4.20. The lowest BCUT2D eigenvalue weighted by Crippen LogP contribution is -2.00. The highest BCUT2D eigenvalue weighted by atomic mass is 35.5. The van der Waals surface area contributed by atoms with Crippen LogP contribution in [0.5, 0.6) is 0 Å². The van der Waals surface area contributed by atoms with Crippen LogP contribution in [0.15, 0.2) is 61.2 Å². The fourth-order valence-corrected chi connectivity index (χ4v) is 3.00. The van der Waals surface area contributed by atoms with Gasteiger partial charge in [-0.05, 0) is 35.9 Å². The van der Waals surface area contributed by atoms with Crippen LogP contribution in [-0.4, -0.2) is 9.55 Å². The van der Waals surface area contributed by atoms with Crippen molar-refractivity contribution in [1.82, 2.24) is 9.55 Å². The summed E-state index contributed by atoms with van der Waals surface area (Å²) in [5.74, 6) is -0.327. The number of nitrogens with zero attached hydrogens (tertiary/aromatic N) is 2. The Balaban J connectivity index is 2.24. The second-order valence-corrected chi connectivity index (χ2v) is 5.99. The highest BCUT2D eigenvalue weighted by Gasteiger charge is 2.15. The molecule has 0 spiro atoms. The molecule has 1 aromatic heterocycles. The van der Waals surface area contributed by atoms with E-state index in [0.29, 0.717) is 31.9 Å². The highest BCUT2D eigenvalue weighted by molar-refractivity contribution is 6.53. The maximum Gasteiger partial charge on any atom is 0.123 e. The number of imidazole rings is 1. The summed E-state index contributed by atoms with van der Waals surface area (Å²) in [7, 11) is 0. The molecule has 0 aliphatic heterocycles. The van der Waals surface area contributed by atoms with Crippen molar-refractivity contribution in [1.29, 1.82) is 0 Å². The van der Waals surface area contributed by atoms with Gasteiger partial charge < -0.3 is 4.57 Å². The summed E-state index contributed by atoms with van der Waals surface area (Å²) in [5, 5.41) is 1.41. The lowest BCUT2D eigenvalue weighted by molar-refractivity contribution is 0.627. The van der Waals surface area contributed by atoms with E-state index in [1.807, 2.05) is 0 Å². The smallest absolute Gasteiger partial charge is 0.123 e. The van der Waals surface area contributed by atoms with Gasteiger partial charge in [0.15, 0.2) is 0 Å². The van der Waals surface area contributed by atoms with E-state index in [4.69, 9.17) is 34.8 Å². The summed E-state index contributed by atoms with van der Waals surface area (Å²) >= 11 is 18.9. The summed E-state index contributed by atoms with van der Waals surface area (Å²) in [5.41, 5.74) is 2.00. The molecule has 0 unspecified atom stereocenters. The van der Waals surface area contributed by atoms with Crippen LogP contribution in [0, 0.1) is 5.82 Å². The third-order valence-electron chi connectivity index (χ3n) is 3.25. The maximum absolute atomic E-state index is 13.1. The number of hydrogen-bond acceptors (Lipinski definition) is 1. The van der Waals surface area contributed by atoms with Crippen LogP contribution in [0.1, 0.15) is 11.1 Å². The summed E-state index contributed by atoms with van der Waals surface area (Å²) in [6.07, 6.45) is 5.01. The Bertz CT molecular complexity index is 856. The number of halogens is 4. The van der Waals surface area contributed by atoms with Crippen molar-refractivity contribution in [3.8, 4) is 0 Å². The van der Waals surface area contributed by atoms with Gasteiger partial charge in [-0.1, -0.05) is 46.9 Å². The molecule has 2 aromatic carbocycles. The lowest BCUT2D eigenvalue weighted by Gasteiger charge is -2.14. The third kappa shape index (κ3) is 3.42. The zero-order valence-corrected chi connectivity index (χ0v) is 13.9. The second kappa shape index (κ2) is 6.75. The Hall–Kier alpha value is -1.81. The molecule has 0 bridgehead atoms. The van der Waals surface area contributed by atoms with Crippen LogP contribution in [0.25, 0.3) is 10.7 Å². The molecule has 0 saturated heterocycles. The number of rotatable bonds is 3. The Kier molecular flexibility index (Phi) is 4.71. The van der Waals surface area contributed by atoms with Gasteiger partial charge in [0.05, 0.1) is 22.1 Å². The van der Waals surface area contributed by atoms with Crippen molar-refractivity contribution in [2.75, 3.05) is 0 Å². The molecular formula is C17H10Cl3FN2. The molecule has 116 valence electrons. The number of hydrogen-bond donors (Lipinski definition) is 0. The van der Waals surface area contributed by atoms with E-state index in [1.165, 1.54) is 12.1 Å². The van der Waals surface area contributed by atoms with Gasteiger partial charge in [-0.3, -0.25) is 0 Å². The minimum Gasteiger partial charge on any atom is -0.304 e. The van der Waals surface area contributed by atoms with Crippen LogP contribution in [-0.2, 0) is 0 Å². The van der Waals surface area contributed by atoms with Crippen LogP contribution in [0.4, 0.5) is 4.39 Å². The molecule has 3 aromatic rings. The van der Waals surface area contributed by atoms with Gasteiger partial charge in [-0.15, -0.1) is 0 Å². The molecule has 6 heteroatoms. The minimum atomic E-state index is -0.327. The molecule has 1 heterocycles. The SMILES string of the molecule is Fc1ccc(/C(Cl)=C(\c2ccc(Cl)cc2Cl)n2ccnc2)cc1. The molecule has 0 amide bonds. The van der Waals surface area contributed by atoms with Crippen molar-refractivity contribution in [2.45, 2.75) is 0 Å². The molecule has 0 aliphatic rings. The molecule has 23 heavy (non-hydrogen) atoms. The van der Waals surface area contributed by atoms with E-state index in [-0.39, 0.29) is 5.82 Å². The summed E-state index contributed by atoms with van der Waals surface area (Å²) in [6.45, 7) is 0. The Morgan fingerprint density at radius 1 is 1.04 bits per heavy atom. The molecule has 0 aliphatic carbocycles. The predicted molar refractivity (Wildman–Crippen MR) is 93.2 cm³/mol. The zero-order chi connectivity index (χ0) is 16.4. The Morgan fingerprint density at radius 3 is 2.39 bits per heavy atom. The van der Waals surface area contributed by atoms with Crippen molar-refractivity contribution in [2.24, 2.45) is 0 Å². The molecule has 3 rings (SSSR count). The number of aromatic nitrogens is 2. The predicted octanol–water partition coefficient (Wildman–Crippen LogP) is 5.94. The van der Waals surface area contributed by atoms with E-state index < -0.39 is 0 Å². The first kappa shape index (κ1) is 16.1. The van der Waals surface area contributed by atoms with E-state index >= 15 is 0 Å². The van der Waals surface area contributed by atoms with E-state index in [0.717, 1.165) is 0 Å². The normalized spacial score (nSPS) is 12.2. The monoisotopic (exact) mass is 366 g/mol. The van der Waals surface area contributed by atoms with E-state index in [9.17, 15) is 4.39 Å². The summed E-state index contributed by atoms with van der Waals surface area (Å²) in [4.78, 5) is 4.05. The average molecular weight is 368 g/mol. The molecule has 0 atom stereocenters. The maximum atomic E-state index is 13.1. The van der Waals surface area contributed by atoms with Crippen molar-refractivity contribution >= 4 is 45.5 Å². The molecular weight excluding hydrogens is 358 g/mol. The van der Waals surface area contributed by atoms with Gasteiger partial charge in [0.2, 0.25) is 0 Å². The number of benzene rings is 2. The van der Waals surface area contributed by atoms with Crippen molar-refractivity contribution in [3.05, 3.63) is 88.2 Å². The second-order valence-electron chi connectivity index (χ2n) is 4.76. The molecule has 2 nitrogen and oxygen atoms in total. The lowest BCUT2D eigenvalue weighted by atomic mass is 10.1. The Morgan fingerprint density at radius 2 is 1.78 bits per heavy atom. The highest BCUT2D eigenvalue weighted by Crippen LogP contribution is 2.35. The zero-order valence-electron chi connectivity index (χ0n) is 11.7. The van der Waals surface area contributed by atoms with Gasteiger partial charge in [0.25, 0.3) is 0 Å². The first-order valence-electron chi connectivity index (χ1n) is 6.66. The van der Waals surface area contributed by atoms with E-state index in [1.54, 1.807) is 53.6 Å². The first-order valence-corrected chi connectivity index (χ1v) is 7.79. The largest absolute Gasteiger partial charge is 0.304 e. The van der Waals surface area contributed by atoms with E-state index in [2.05, 4.69) is 4.98 Å². The molecule has 0 fully saturated rings. The van der Waals surface area contributed by atoms with Gasteiger partial charge in [-0.2, -0.15) is 0 Å². The van der Waals surface area contributed by atoms with Crippen LogP contribution in [0.2, 0.25) is 10.0 Å².